The lowest BCUT2D eigenvalue weighted by molar-refractivity contribution is -0.137. The van der Waals surface area contributed by atoms with Crippen molar-refractivity contribution in [1.82, 2.24) is 9.71 Å². The number of carboxylic acids is 1. The highest BCUT2D eigenvalue weighted by Crippen LogP contribution is 2.25. The van der Waals surface area contributed by atoms with Gasteiger partial charge >= 0.3 is 5.97 Å². The van der Waals surface area contributed by atoms with E-state index in [2.05, 4.69) is 9.71 Å². The van der Waals surface area contributed by atoms with Gasteiger partial charge in [0.25, 0.3) is 0 Å². The molecular formula is C23H24N2O5S. The van der Waals surface area contributed by atoms with Gasteiger partial charge in [-0.3, -0.25) is 9.78 Å². The lowest BCUT2D eigenvalue weighted by Gasteiger charge is -2.20. The maximum atomic E-state index is 13.0. The minimum Gasteiger partial charge on any atom is -0.497 e. The predicted molar refractivity (Wildman–Crippen MR) is 116 cm³/mol. The summed E-state index contributed by atoms with van der Waals surface area (Å²) in [6, 6.07) is 16.6. The first-order valence-electron chi connectivity index (χ1n) is 9.76. The molecule has 162 valence electrons. The van der Waals surface area contributed by atoms with Gasteiger partial charge in [0, 0.05) is 18.8 Å². The summed E-state index contributed by atoms with van der Waals surface area (Å²) in [4.78, 5) is 15.0. The number of hydrogen-bond donors (Lipinski definition) is 2. The van der Waals surface area contributed by atoms with Gasteiger partial charge in [0.1, 0.15) is 5.75 Å². The van der Waals surface area contributed by atoms with E-state index < -0.39 is 22.0 Å². The fourth-order valence-electron chi connectivity index (χ4n) is 3.17. The molecule has 0 aliphatic heterocycles. The molecule has 0 fully saturated rings. The van der Waals surface area contributed by atoms with Crippen LogP contribution in [0.3, 0.4) is 0 Å². The second kappa shape index (κ2) is 10.2. The summed E-state index contributed by atoms with van der Waals surface area (Å²) in [5.41, 5.74) is 2.46. The fourth-order valence-corrected chi connectivity index (χ4v) is 4.39. The molecule has 0 amide bonds. The molecule has 3 rings (SSSR count). The molecule has 1 atom stereocenters. The minimum atomic E-state index is -3.81. The third-order valence-corrected chi connectivity index (χ3v) is 6.27. The Morgan fingerprint density at radius 2 is 1.77 bits per heavy atom. The number of rotatable bonds is 10. The second-order valence-electron chi connectivity index (χ2n) is 7.01. The summed E-state index contributed by atoms with van der Waals surface area (Å²) >= 11 is 0. The standard InChI is InChI=1S/C23H24N2O5S/c1-30-20-11-13-21(14-12-20)31(28,29)25-23(19-5-3-15-24-16-19)18-9-7-17(8-10-18)4-2-6-22(26)27/h3,5,7-16,23,25H,2,4,6H2,1H3,(H,26,27). The van der Waals surface area contributed by atoms with Gasteiger partial charge in [-0.25, -0.2) is 8.42 Å². The first kappa shape index (κ1) is 22.5. The maximum absolute atomic E-state index is 13.0. The second-order valence-corrected chi connectivity index (χ2v) is 8.72. The number of aliphatic carboxylic acids is 1. The number of aromatic nitrogens is 1. The monoisotopic (exact) mass is 440 g/mol. The van der Waals surface area contributed by atoms with Gasteiger partial charge in [0.15, 0.2) is 0 Å². The molecule has 0 spiro atoms. The molecular weight excluding hydrogens is 416 g/mol. The van der Waals surface area contributed by atoms with E-state index in [1.807, 2.05) is 30.3 Å². The number of benzene rings is 2. The smallest absolute Gasteiger partial charge is 0.303 e. The third-order valence-electron chi connectivity index (χ3n) is 4.83. The molecule has 0 bridgehead atoms. The summed E-state index contributed by atoms with van der Waals surface area (Å²) in [7, 11) is -2.29. The Balaban J connectivity index is 1.86. The van der Waals surface area contributed by atoms with E-state index >= 15 is 0 Å². The zero-order valence-corrected chi connectivity index (χ0v) is 17.9. The summed E-state index contributed by atoms with van der Waals surface area (Å²) in [6.45, 7) is 0. The van der Waals surface area contributed by atoms with E-state index in [4.69, 9.17) is 9.84 Å². The fraction of sp³-hybridized carbons (Fsp3) is 0.217. The van der Waals surface area contributed by atoms with E-state index in [9.17, 15) is 13.2 Å². The van der Waals surface area contributed by atoms with Crippen LogP contribution in [0.1, 0.15) is 35.6 Å². The Morgan fingerprint density at radius 1 is 1.06 bits per heavy atom. The molecule has 1 heterocycles. The van der Waals surface area contributed by atoms with Crippen molar-refractivity contribution < 1.29 is 23.1 Å². The normalized spacial score (nSPS) is 12.3. The molecule has 0 aliphatic rings. The molecule has 1 aromatic heterocycles. The highest BCUT2D eigenvalue weighted by molar-refractivity contribution is 7.89. The third kappa shape index (κ3) is 6.13. The predicted octanol–water partition coefficient (Wildman–Crippen LogP) is 3.57. The Morgan fingerprint density at radius 3 is 2.35 bits per heavy atom. The van der Waals surface area contributed by atoms with Gasteiger partial charge in [-0.1, -0.05) is 30.3 Å². The zero-order chi connectivity index (χ0) is 22.3. The van der Waals surface area contributed by atoms with Crippen LogP contribution in [0.25, 0.3) is 0 Å². The van der Waals surface area contributed by atoms with Crippen molar-refractivity contribution in [1.29, 1.82) is 0 Å². The highest BCUT2D eigenvalue weighted by atomic mass is 32.2. The Kier molecular flexibility index (Phi) is 7.38. The molecule has 0 saturated heterocycles. The van der Waals surface area contributed by atoms with Gasteiger partial charge in [-0.2, -0.15) is 4.72 Å². The van der Waals surface area contributed by atoms with Gasteiger partial charge in [0.2, 0.25) is 10.0 Å². The lowest BCUT2D eigenvalue weighted by Crippen LogP contribution is -2.29. The Bertz CT molecular complexity index is 1100. The van der Waals surface area contributed by atoms with Crippen LogP contribution in [-0.2, 0) is 21.2 Å². The average molecular weight is 441 g/mol. The van der Waals surface area contributed by atoms with Crippen LogP contribution in [0.2, 0.25) is 0 Å². The first-order valence-corrected chi connectivity index (χ1v) is 11.2. The number of aryl methyl sites for hydroxylation is 1. The number of hydrogen-bond acceptors (Lipinski definition) is 5. The molecule has 8 heteroatoms. The Hall–Kier alpha value is -3.23. The number of methoxy groups -OCH3 is 1. The number of ether oxygens (including phenoxy) is 1. The summed E-state index contributed by atoms with van der Waals surface area (Å²) in [6.07, 6.45) is 4.56. The van der Waals surface area contributed by atoms with Crippen molar-refractivity contribution in [2.24, 2.45) is 0 Å². The van der Waals surface area contributed by atoms with Crippen LogP contribution >= 0.6 is 0 Å². The van der Waals surface area contributed by atoms with Crippen LogP contribution in [0, 0.1) is 0 Å². The van der Waals surface area contributed by atoms with E-state index in [1.165, 1.54) is 19.2 Å². The molecule has 7 nitrogen and oxygen atoms in total. The van der Waals surface area contributed by atoms with Crippen molar-refractivity contribution in [3.05, 3.63) is 89.7 Å². The maximum Gasteiger partial charge on any atom is 0.303 e. The topological polar surface area (TPSA) is 106 Å². The summed E-state index contributed by atoms with van der Waals surface area (Å²) < 4.78 is 33.9. The van der Waals surface area contributed by atoms with E-state index in [-0.39, 0.29) is 11.3 Å². The van der Waals surface area contributed by atoms with Gasteiger partial charge in [-0.05, 0) is 59.9 Å². The largest absolute Gasteiger partial charge is 0.497 e. The first-order chi connectivity index (χ1) is 14.9. The Labute approximate surface area is 181 Å². The van der Waals surface area contributed by atoms with Crippen molar-refractivity contribution in [2.45, 2.75) is 30.2 Å². The van der Waals surface area contributed by atoms with Crippen molar-refractivity contribution in [3.63, 3.8) is 0 Å². The number of nitrogens with zero attached hydrogens (tertiary/aromatic N) is 1. The van der Waals surface area contributed by atoms with Crippen LogP contribution in [0.4, 0.5) is 0 Å². The van der Waals surface area contributed by atoms with E-state index in [1.54, 1.807) is 30.6 Å². The SMILES string of the molecule is COc1ccc(S(=O)(=O)NC(c2ccc(CCCC(=O)O)cc2)c2cccnc2)cc1. The van der Waals surface area contributed by atoms with Crippen LogP contribution in [0.15, 0.2) is 78.0 Å². The molecule has 0 radical (unpaired) electrons. The summed E-state index contributed by atoms with van der Waals surface area (Å²) in [5.74, 6) is -0.248. The van der Waals surface area contributed by atoms with Gasteiger partial charge in [-0.15, -0.1) is 0 Å². The molecule has 2 N–H and O–H groups in total. The zero-order valence-electron chi connectivity index (χ0n) is 17.1. The van der Waals surface area contributed by atoms with E-state index in [0.29, 0.717) is 24.2 Å². The summed E-state index contributed by atoms with van der Waals surface area (Å²) in [5, 5.41) is 8.79. The number of sulfonamides is 1. The molecule has 0 aliphatic carbocycles. The molecule has 1 unspecified atom stereocenters. The molecule has 3 aromatic rings. The van der Waals surface area contributed by atoms with E-state index in [0.717, 1.165) is 11.1 Å². The number of pyridine rings is 1. The minimum absolute atomic E-state index is 0.113. The lowest BCUT2D eigenvalue weighted by atomic mass is 9.98. The van der Waals surface area contributed by atoms with Crippen molar-refractivity contribution in [3.8, 4) is 5.75 Å². The van der Waals surface area contributed by atoms with Crippen molar-refractivity contribution >= 4 is 16.0 Å². The average Bonchev–Trinajstić information content (AvgIpc) is 2.78. The molecule has 0 saturated carbocycles. The number of carboxylic acid groups (broad SMARTS) is 1. The number of nitrogens with one attached hydrogen (secondary N) is 1. The van der Waals surface area contributed by atoms with Crippen molar-refractivity contribution in [2.75, 3.05) is 7.11 Å². The van der Waals surface area contributed by atoms with Gasteiger partial charge in [0.05, 0.1) is 18.0 Å². The molecule has 2 aromatic carbocycles. The van der Waals surface area contributed by atoms with Gasteiger partial charge < -0.3 is 9.84 Å². The highest BCUT2D eigenvalue weighted by Gasteiger charge is 2.23. The number of carbonyl (C=O) groups is 1. The quantitative estimate of drug-likeness (QED) is 0.499. The van der Waals surface area contributed by atoms with Crippen LogP contribution < -0.4 is 9.46 Å². The van der Waals surface area contributed by atoms with Crippen LogP contribution in [0.5, 0.6) is 5.75 Å². The van der Waals surface area contributed by atoms with Crippen LogP contribution in [-0.4, -0.2) is 31.6 Å². The molecule has 31 heavy (non-hydrogen) atoms.